The molecule has 2 aromatic heterocycles. The summed E-state index contributed by atoms with van der Waals surface area (Å²) in [6, 6.07) is 3.83. The molecule has 0 bridgehead atoms. The van der Waals surface area contributed by atoms with E-state index in [-0.39, 0.29) is 23.5 Å². The minimum atomic E-state index is -4.50. The van der Waals surface area contributed by atoms with Crippen LogP contribution in [0, 0.1) is 0 Å². The molecule has 1 aliphatic heterocycles. The first-order valence-corrected chi connectivity index (χ1v) is 9.56. The molecule has 1 spiro atoms. The lowest BCUT2D eigenvalue weighted by atomic mass is 9.84. The number of alkyl halides is 3. The maximum Gasteiger partial charge on any atom is 0.433 e. The second kappa shape index (κ2) is 7.11. The van der Waals surface area contributed by atoms with E-state index in [1.54, 1.807) is 4.68 Å². The van der Waals surface area contributed by atoms with Crippen molar-refractivity contribution in [3.63, 3.8) is 0 Å². The topological polar surface area (TPSA) is 62.1 Å². The van der Waals surface area contributed by atoms with Crippen molar-refractivity contribution < 1.29 is 22.6 Å². The maximum absolute atomic E-state index is 13.0. The van der Waals surface area contributed by atoms with Crippen LogP contribution in [0.3, 0.4) is 0 Å². The summed E-state index contributed by atoms with van der Waals surface area (Å²) in [4.78, 5) is 8.33. The SMILES string of the molecule is CC(C)n1nc(-c2cccc(C(F)(F)F)n2)nc1C1CCC2(CC1)OCCO2. The highest BCUT2D eigenvalue weighted by atomic mass is 19.4. The molecule has 0 N–H and O–H groups in total. The third-order valence-corrected chi connectivity index (χ3v) is 5.34. The number of aromatic nitrogens is 4. The van der Waals surface area contributed by atoms with Crippen molar-refractivity contribution in [3.8, 4) is 11.5 Å². The number of hydrogen-bond donors (Lipinski definition) is 0. The molecule has 152 valence electrons. The monoisotopic (exact) mass is 396 g/mol. The van der Waals surface area contributed by atoms with Crippen molar-refractivity contribution in [2.24, 2.45) is 0 Å². The highest BCUT2D eigenvalue weighted by molar-refractivity contribution is 5.49. The van der Waals surface area contributed by atoms with Crippen LogP contribution in [0.4, 0.5) is 13.2 Å². The number of nitrogens with zero attached hydrogens (tertiary/aromatic N) is 4. The van der Waals surface area contributed by atoms with Crippen LogP contribution < -0.4 is 0 Å². The summed E-state index contributed by atoms with van der Waals surface area (Å²) in [6.07, 6.45) is -1.28. The summed E-state index contributed by atoms with van der Waals surface area (Å²) < 4.78 is 52.4. The third kappa shape index (κ3) is 3.65. The minimum absolute atomic E-state index is 0.0388. The fourth-order valence-corrected chi connectivity index (χ4v) is 3.92. The van der Waals surface area contributed by atoms with Crippen LogP contribution in [0.1, 0.15) is 63.0 Å². The zero-order valence-electron chi connectivity index (χ0n) is 15.9. The normalized spacial score (nSPS) is 20.4. The van der Waals surface area contributed by atoms with E-state index in [0.717, 1.165) is 37.6 Å². The molecule has 28 heavy (non-hydrogen) atoms. The number of halogens is 3. The molecular weight excluding hydrogens is 373 g/mol. The summed E-state index contributed by atoms with van der Waals surface area (Å²) in [5.41, 5.74) is -0.812. The van der Waals surface area contributed by atoms with Gasteiger partial charge in [-0.1, -0.05) is 6.07 Å². The molecule has 1 aliphatic carbocycles. The molecular formula is C19H23F3N4O2. The van der Waals surface area contributed by atoms with Gasteiger partial charge in [0.05, 0.1) is 13.2 Å². The molecule has 0 radical (unpaired) electrons. The van der Waals surface area contributed by atoms with Crippen molar-refractivity contribution in [1.29, 1.82) is 0 Å². The average molecular weight is 396 g/mol. The lowest BCUT2D eigenvalue weighted by Crippen LogP contribution is -2.35. The summed E-state index contributed by atoms with van der Waals surface area (Å²) in [5, 5.41) is 4.48. The largest absolute Gasteiger partial charge is 0.433 e. The summed E-state index contributed by atoms with van der Waals surface area (Å²) in [5.74, 6) is 0.707. The highest BCUT2D eigenvalue weighted by Gasteiger charge is 2.42. The van der Waals surface area contributed by atoms with Crippen LogP contribution in [0.2, 0.25) is 0 Å². The van der Waals surface area contributed by atoms with Gasteiger partial charge in [-0.05, 0) is 38.8 Å². The first kappa shape index (κ1) is 19.3. The predicted octanol–water partition coefficient (Wildman–Crippen LogP) is 4.34. The molecule has 0 atom stereocenters. The first-order chi connectivity index (χ1) is 13.3. The second-order valence-corrected chi connectivity index (χ2v) is 7.62. The summed E-state index contributed by atoms with van der Waals surface area (Å²) >= 11 is 0. The Hall–Kier alpha value is -2.00. The van der Waals surface area contributed by atoms with Gasteiger partial charge in [0.1, 0.15) is 17.2 Å². The molecule has 4 rings (SSSR count). The first-order valence-electron chi connectivity index (χ1n) is 9.56. The Kier molecular flexibility index (Phi) is 4.91. The van der Waals surface area contributed by atoms with Gasteiger partial charge >= 0.3 is 6.18 Å². The van der Waals surface area contributed by atoms with Crippen LogP contribution in [-0.2, 0) is 15.7 Å². The van der Waals surface area contributed by atoms with Gasteiger partial charge in [0.25, 0.3) is 0 Å². The molecule has 2 aliphatic rings. The van der Waals surface area contributed by atoms with Crippen molar-refractivity contribution in [1.82, 2.24) is 19.7 Å². The van der Waals surface area contributed by atoms with E-state index in [1.165, 1.54) is 12.1 Å². The van der Waals surface area contributed by atoms with Gasteiger partial charge < -0.3 is 9.47 Å². The summed E-state index contributed by atoms with van der Waals surface area (Å²) in [6.45, 7) is 5.21. The highest BCUT2D eigenvalue weighted by Crippen LogP contribution is 2.42. The quantitative estimate of drug-likeness (QED) is 0.772. The Labute approximate surface area is 161 Å². The molecule has 1 saturated carbocycles. The molecule has 0 amide bonds. The number of rotatable bonds is 3. The Morgan fingerprint density at radius 2 is 1.79 bits per heavy atom. The van der Waals surface area contributed by atoms with E-state index in [1.807, 2.05) is 13.8 Å². The molecule has 6 nitrogen and oxygen atoms in total. The number of ether oxygens (including phenoxy) is 2. The van der Waals surface area contributed by atoms with Crippen LogP contribution in [0.15, 0.2) is 18.2 Å². The average Bonchev–Trinajstić information content (AvgIpc) is 3.30. The standard InChI is InChI=1S/C19H23F3N4O2/c1-12(2)26-17(13-6-8-18(9-7-13)27-10-11-28-18)24-16(25-26)14-4-3-5-15(23-14)19(20,21)22/h3-5,12-13H,6-11H2,1-2H3. The molecule has 0 unspecified atom stereocenters. The smallest absolute Gasteiger partial charge is 0.348 e. The van der Waals surface area contributed by atoms with E-state index < -0.39 is 17.7 Å². The van der Waals surface area contributed by atoms with Gasteiger partial charge in [-0.15, -0.1) is 5.10 Å². The number of pyridine rings is 1. The van der Waals surface area contributed by atoms with Gasteiger partial charge in [0.15, 0.2) is 11.6 Å². The van der Waals surface area contributed by atoms with Gasteiger partial charge in [0, 0.05) is 24.8 Å². The molecule has 9 heteroatoms. The van der Waals surface area contributed by atoms with E-state index in [9.17, 15) is 13.2 Å². The molecule has 2 aromatic rings. The third-order valence-electron chi connectivity index (χ3n) is 5.34. The van der Waals surface area contributed by atoms with E-state index in [4.69, 9.17) is 9.47 Å². The van der Waals surface area contributed by atoms with Crippen LogP contribution in [0.5, 0.6) is 0 Å². The van der Waals surface area contributed by atoms with Crippen LogP contribution in [-0.4, -0.2) is 38.7 Å². The van der Waals surface area contributed by atoms with Gasteiger partial charge in [-0.25, -0.2) is 14.6 Å². The molecule has 1 saturated heterocycles. The Balaban J connectivity index is 1.62. The maximum atomic E-state index is 13.0. The van der Waals surface area contributed by atoms with Crippen molar-refractivity contribution in [2.45, 2.75) is 63.5 Å². The van der Waals surface area contributed by atoms with Crippen molar-refractivity contribution >= 4 is 0 Å². The van der Waals surface area contributed by atoms with E-state index in [0.29, 0.717) is 13.2 Å². The Morgan fingerprint density at radius 3 is 2.39 bits per heavy atom. The summed E-state index contributed by atoms with van der Waals surface area (Å²) in [7, 11) is 0. The van der Waals surface area contributed by atoms with Gasteiger partial charge in [0.2, 0.25) is 0 Å². The van der Waals surface area contributed by atoms with Crippen molar-refractivity contribution in [2.75, 3.05) is 13.2 Å². The lowest BCUT2D eigenvalue weighted by molar-refractivity contribution is -0.179. The van der Waals surface area contributed by atoms with Crippen LogP contribution >= 0.6 is 0 Å². The van der Waals surface area contributed by atoms with E-state index in [2.05, 4.69) is 15.1 Å². The lowest BCUT2D eigenvalue weighted by Gasteiger charge is -2.35. The second-order valence-electron chi connectivity index (χ2n) is 7.62. The fraction of sp³-hybridized carbons (Fsp3) is 0.632. The Morgan fingerprint density at radius 1 is 1.11 bits per heavy atom. The van der Waals surface area contributed by atoms with Gasteiger partial charge in [-0.3, -0.25) is 0 Å². The zero-order chi connectivity index (χ0) is 19.9. The number of hydrogen-bond acceptors (Lipinski definition) is 5. The zero-order valence-corrected chi connectivity index (χ0v) is 15.9. The molecule has 3 heterocycles. The molecule has 2 fully saturated rings. The predicted molar refractivity (Wildman–Crippen MR) is 94.5 cm³/mol. The van der Waals surface area contributed by atoms with Crippen LogP contribution in [0.25, 0.3) is 11.5 Å². The molecule has 0 aromatic carbocycles. The fourth-order valence-electron chi connectivity index (χ4n) is 3.92. The Bertz CT molecular complexity index is 834. The van der Waals surface area contributed by atoms with E-state index >= 15 is 0 Å². The van der Waals surface area contributed by atoms with Crippen molar-refractivity contribution in [3.05, 3.63) is 29.7 Å². The van der Waals surface area contributed by atoms with Gasteiger partial charge in [-0.2, -0.15) is 13.2 Å². The minimum Gasteiger partial charge on any atom is -0.348 e.